The van der Waals surface area contributed by atoms with E-state index in [1.54, 1.807) is 4.90 Å². The van der Waals surface area contributed by atoms with E-state index in [9.17, 15) is 9.59 Å². The fraction of sp³-hybridized carbons (Fsp3) is 0.462. The lowest BCUT2D eigenvalue weighted by atomic mass is 9.95. The van der Waals surface area contributed by atoms with Gasteiger partial charge < -0.3 is 10.2 Å². The molecule has 30 heavy (non-hydrogen) atoms. The van der Waals surface area contributed by atoms with Crippen LogP contribution in [0.15, 0.2) is 54.6 Å². The molecule has 0 saturated heterocycles. The van der Waals surface area contributed by atoms with Gasteiger partial charge in [-0.15, -0.1) is 0 Å². The van der Waals surface area contributed by atoms with Gasteiger partial charge in [0.2, 0.25) is 11.8 Å². The summed E-state index contributed by atoms with van der Waals surface area (Å²) in [5, 5.41) is 3.23. The quantitative estimate of drug-likeness (QED) is 0.685. The molecule has 1 saturated carbocycles. The normalized spacial score (nSPS) is 15.4. The van der Waals surface area contributed by atoms with E-state index in [0.29, 0.717) is 19.4 Å². The third-order valence-corrected chi connectivity index (χ3v) is 6.01. The fourth-order valence-electron chi connectivity index (χ4n) is 4.23. The number of carbonyl (C=O) groups excluding carboxylic acids is 2. The van der Waals surface area contributed by atoms with Gasteiger partial charge in [0.15, 0.2) is 0 Å². The summed E-state index contributed by atoms with van der Waals surface area (Å²) in [6.45, 7) is 4.47. The highest BCUT2D eigenvalue weighted by atomic mass is 16.2. The monoisotopic (exact) mass is 406 g/mol. The summed E-state index contributed by atoms with van der Waals surface area (Å²) >= 11 is 0. The van der Waals surface area contributed by atoms with Crippen LogP contribution >= 0.6 is 0 Å². The first-order chi connectivity index (χ1) is 14.6. The van der Waals surface area contributed by atoms with Gasteiger partial charge in [0.1, 0.15) is 6.04 Å². The fourth-order valence-corrected chi connectivity index (χ4v) is 4.23. The SMILES string of the molecule is CC[C@@H](C(=O)NC1CCCCC1)N(Cc1ccccc1)C(=O)Cc1ccc(C)cc1. The van der Waals surface area contributed by atoms with Gasteiger partial charge in [0, 0.05) is 12.6 Å². The third kappa shape index (κ3) is 6.19. The molecule has 1 N–H and O–H groups in total. The lowest BCUT2D eigenvalue weighted by molar-refractivity contribution is -0.141. The summed E-state index contributed by atoms with van der Waals surface area (Å²) < 4.78 is 0. The van der Waals surface area contributed by atoms with E-state index in [1.165, 1.54) is 24.8 Å². The van der Waals surface area contributed by atoms with Gasteiger partial charge in [0.25, 0.3) is 0 Å². The van der Waals surface area contributed by atoms with Crippen LogP contribution in [0.4, 0.5) is 0 Å². The number of rotatable bonds is 8. The number of amides is 2. The van der Waals surface area contributed by atoms with E-state index in [1.807, 2.05) is 68.4 Å². The van der Waals surface area contributed by atoms with Crippen molar-refractivity contribution in [1.29, 1.82) is 0 Å². The molecule has 3 rings (SSSR count). The van der Waals surface area contributed by atoms with E-state index >= 15 is 0 Å². The first-order valence-electron chi connectivity index (χ1n) is 11.3. The van der Waals surface area contributed by atoms with Crippen molar-refractivity contribution in [1.82, 2.24) is 10.2 Å². The van der Waals surface area contributed by atoms with Crippen molar-refractivity contribution < 1.29 is 9.59 Å². The highest BCUT2D eigenvalue weighted by molar-refractivity contribution is 5.88. The zero-order valence-electron chi connectivity index (χ0n) is 18.3. The molecule has 0 bridgehead atoms. The second-order valence-corrected chi connectivity index (χ2v) is 8.44. The smallest absolute Gasteiger partial charge is 0.243 e. The molecule has 0 aromatic heterocycles. The Morgan fingerprint density at radius 1 is 0.967 bits per heavy atom. The number of aryl methyl sites for hydroxylation is 1. The van der Waals surface area contributed by atoms with Gasteiger partial charge in [-0.1, -0.05) is 86.3 Å². The largest absolute Gasteiger partial charge is 0.352 e. The van der Waals surface area contributed by atoms with E-state index in [-0.39, 0.29) is 17.9 Å². The molecule has 1 fully saturated rings. The molecule has 4 heteroatoms. The molecule has 2 aromatic rings. The van der Waals surface area contributed by atoms with Crippen molar-refractivity contribution in [2.24, 2.45) is 0 Å². The van der Waals surface area contributed by atoms with E-state index in [4.69, 9.17) is 0 Å². The van der Waals surface area contributed by atoms with Crippen molar-refractivity contribution >= 4 is 11.8 Å². The Morgan fingerprint density at radius 3 is 2.27 bits per heavy atom. The van der Waals surface area contributed by atoms with Crippen molar-refractivity contribution in [3.05, 3.63) is 71.3 Å². The molecule has 1 aliphatic rings. The van der Waals surface area contributed by atoms with Gasteiger partial charge in [0.05, 0.1) is 6.42 Å². The molecule has 1 atom stereocenters. The van der Waals surface area contributed by atoms with Crippen LogP contribution in [0.2, 0.25) is 0 Å². The van der Waals surface area contributed by atoms with Crippen LogP contribution in [0.5, 0.6) is 0 Å². The van der Waals surface area contributed by atoms with Crippen LogP contribution in [0.3, 0.4) is 0 Å². The molecule has 0 aliphatic heterocycles. The highest BCUT2D eigenvalue weighted by Crippen LogP contribution is 2.19. The summed E-state index contributed by atoms with van der Waals surface area (Å²) in [7, 11) is 0. The molecule has 0 heterocycles. The predicted octanol–water partition coefficient (Wildman–Crippen LogP) is 4.79. The van der Waals surface area contributed by atoms with Crippen molar-refractivity contribution in [3.8, 4) is 0 Å². The molecular weight excluding hydrogens is 372 g/mol. The highest BCUT2D eigenvalue weighted by Gasteiger charge is 2.30. The average Bonchev–Trinajstić information content (AvgIpc) is 2.76. The lowest BCUT2D eigenvalue weighted by Crippen LogP contribution is -2.51. The second kappa shape index (κ2) is 11.0. The predicted molar refractivity (Wildman–Crippen MR) is 121 cm³/mol. The molecule has 4 nitrogen and oxygen atoms in total. The molecule has 160 valence electrons. The standard InChI is InChI=1S/C26H34N2O2/c1-3-24(26(30)27-23-12-8-5-9-13-23)28(19-22-10-6-4-7-11-22)25(29)18-21-16-14-20(2)15-17-21/h4,6-7,10-11,14-17,23-24H,3,5,8-9,12-13,18-19H2,1-2H3,(H,27,30)/t24-/m0/s1. The van der Waals surface area contributed by atoms with Crippen LogP contribution in [0.1, 0.15) is 62.1 Å². The average molecular weight is 407 g/mol. The maximum absolute atomic E-state index is 13.3. The molecule has 2 aromatic carbocycles. The maximum atomic E-state index is 13.3. The van der Waals surface area contributed by atoms with Crippen LogP contribution in [-0.4, -0.2) is 28.8 Å². The Morgan fingerprint density at radius 2 is 1.63 bits per heavy atom. The van der Waals surface area contributed by atoms with Crippen molar-refractivity contribution in [3.63, 3.8) is 0 Å². The number of hydrogen-bond acceptors (Lipinski definition) is 2. The molecule has 0 unspecified atom stereocenters. The topological polar surface area (TPSA) is 49.4 Å². The minimum absolute atomic E-state index is 0.00616. The molecule has 0 spiro atoms. The van der Waals surface area contributed by atoms with Crippen LogP contribution < -0.4 is 5.32 Å². The minimum atomic E-state index is -0.454. The Balaban J connectivity index is 1.77. The first kappa shape index (κ1) is 22.1. The lowest BCUT2D eigenvalue weighted by Gasteiger charge is -2.33. The first-order valence-corrected chi connectivity index (χ1v) is 11.3. The summed E-state index contributed by atoms with van der Waals surface area (Å²) in [6.07, 6.45) is 6.57. The number of carbonyl (C=O) groups is 2. The number of nitrogens with zero attached hydrogens (tertiary/aromatic N) is 1. The van der Waals surface area contributed by atoms with Gasteiger partial charge in [-0.2, -0.15) is 0 Å². The summed E-state index contributed by atoms with van der Waals surface area (Å²) in [5.74, 6) is -0.0223. The Labute approximate surface area is 180 Å². The van der Waals surface area contributed by atoms with Gasteiger partial charge in [-0.25, -0.2) is 0 Å². The molecule has 2 amide bonds. The maximum Gasteiger partial charge on any atom is 0.243 e. The summed E-state index contributed by atoms with van der Waals surface area (Å²) in [5.41, 5.74) is 3.19. The Hall–Kier alpha value is -2.62. The van der Waals surface area contributed by atoms with Gasteiger partial charge in [-0.3, -0.25) is 9.59 Å². The van der Waals surface area contributed by atoms with E-state index < -0.39 is 6.04 Å². The van der Waals surface area contributed by atoms with Crippen LogP contribution in [0.25, 0.3) is 0 Å². The molecule has 0 radical (unpaired) electrons. The zero-order valence-corrected chi connectivity index (χ0v) is 18.3. The van der Waals surface area contributed by atoms with E-state index in [0.717, 1.165) is 24.0 Å². The molecular formula is C26H34N2O2. The summed E-state index contributed by atoms with van der Waals surface area (Å²) in [6, 6.07) is 17.8. The van der Waals surface area contributed by atoms with Gasteiger partial charge >= 0.3 is 0 Å². The van der Waals surface area contributed by atoms with Crippen molar-refractivity contribution in [2.45, 2.75) is 77.4 Å². The Bertz CT molecular complexity index is 811. The zero-order chi connectivity index (χ0) is 21.3. The van der Waals surface area contributed by atoms with E-state index in [2.05, 4.69) is 5.32 Å². The minimum Gasteiger partial charge on any atom is -0.352 e. The second-order valence-electron chi connectivity index (χ2n) is 8.44. The van der Waals surface area contributed by atoms with Crippen LogP contribution in [-0.2, 0) is 22.6 Å². The number of hydrogen-bond donors (Lipinski definition) is 1. The summed E-state index contributed by atoms with van der Waals surface area (Å²) in [4.78, 5) is 28.3. The molecule has 1 aliphatic carbocycles. The van der Waals surface area contributed by atoms with Gasteiger partial charge in [-0.05, 0) is 37.3 Å². The number of benzene rings is 2. The Kier molecular flexibility index (Phi) is 8.06. The van der Waals surface area contributed by atoms with Crippen molar-refractivity contribution in [2.75, 3.05) is 0 Å². The number of nitrogens with one attached hydrogen (secondary N) is 1. The third-order valence-electron chi connectivity index (χ3n) is 6.01. The van der Waals surface area contributed by atoms with Crippen LogP contribution in [0, 0.1) is 6.92 Å².